The third-order valence-corrected chi connectivity index (χ3v) is 3.81. The summed E-state index contributed by atoms with van der Waals surface area (Å²) >= 11 is 0. The molecule has 0 fully saturated rings. The van der Waals surface area contributed by atoms with E-state index < -0.39 is 27.0 Å². The van der Waals surface area contributed by atoms with E-state index in [-0.39, 0.29) is 5.56 Å². The van der Waals surface area contributed by atoms with Crippen molar-refractivity contribution in [1.29, 1.82) is 5.26 Å². The standard InChI is InChI=1S/C10H8F3NO2S/c11-10(12,13)9(6-14)17(15,16)7-8-4-2-1-3-5-8/h1-5,9H,7H2. The van der Waals surface area contributed by atoms with Crippen LogP contribution in [0.15, 0.2) is 30.3 Å². The van der Waals surface area contributed by atoms with Gasteiger partial charge in [0, 0.05) is 0 Å². The predicted octanol–water partition coefficient (Wildman–Crippen LogP) is 2.06. The molecule has 0 aliphatic rings. The highest BCUT2D eigenvalue weighted by Gasteiger charge is 2.48. The number of hydrogen-bond donors (Lipinski definition) is 0. The maximum atomic E-state index is 12.3. The van der Waals surface area contributed by atoms with E-state index in [4.69, 9.17) is 5.26 Å². The Kier molecular flexibility index (Phi) is 3.78. The molecule has 1 rings (SSSR count). The Balaban J connectivity index is 3.01. The molecule has 0 saturated heterocycles. The van der Waals surface area contributed by atoms with E-state index in [0.29, 0.717) is 0 Å². The monoisotopic (exact) mass is 263 g/mol. The summed E-state index contributed by atoms with van der Waals surface area (Å²) in [6, 6.07) is 8.21. The molecule has 0 amide bonds. The normalized spacial score (nSPS) is 14.0. The van der Waals surface area contributed by atoms with Gasteiger partial charge in [-0.05, 0) is 5.56 Å². The van der Waals surface area contributed by atoms with Gasteiger partial charge in [-0.25, -0.2) is 8.42 Å². The lowest BCUT2D eigenvalue weighted by Gasteiger charge is -2.13. The molecule has 1 unspecified atom stereocenters. The van der Waals surface area contributed by atoms with Crippen molar-refractivity contribution < 1.29 is 21.6 Å². The van der Waals surface area contributed by atoms with Crippen LogP contribution < -0.4 is 0 Å². The van der Waals surface area contributed by atoms with Gasteiger partial charge < -0.3 is 0 Å². The van der Waals surface area contributed by atoms with E-state index >= 15 is 0 Å². The van der Waals surface area contributed by atoms with Gasteiger partial charge in [-0.1, -0.05) is 30.3 Å². The molecule has 17 heavy (non-hydrogen) atoms. The topological polar surface area (TPSA) is 57.9 Å². The summed E-state index contributed by atoms with van der Waals surface area (Å²) in [5.41, 5.74) is 0.219. The minimum absolute atomic E-state index is 0.219. The highest BCUT2D eigenvalue weighted by atomic mass is 32.2. The van der Waals surface area contributed by atoms with Gasteiger partial charge in [-0.2, -0.15) is 18.4 Å². The zero-order valence-corrected chi connectivity index (χ0v) is 9.29. The molecular formula is C10H8F3NO2S. The minimum atomic E-state index is -5.07. The summed E-state index contributed by atoms with van der Waals surface area (Å²) in [6.07, 6.45) is -5.07. The zero-order valence-electron chi connectivity index (χ0n) is 8.48. The average Bonchev–Trinajstić information content (AvgIpc) is 2.16. The van der Waals surface area contributed by atoms with Crippen molar-refractivity contribution in [1.82, 2.24) is 0 Å². The van der Waals surface area contributed by atoms with E-state index in [1.165, 1.54) is 24.3 Å². The maximum absolute atomic E-state index is 12.3. The lowest BCUT2D eigenvalue weighted by molar-refractivity contribution is -0.120. The van der Waals surface area contributed by atoms with Gasteiger partial charge in [0.15, 0.2) is 9.84 Å². The molecule has 0 radical (unpaired) electrons. The smallest absolute Gasteiger partial charge is 0.227 e. The highest BCUT2D eigenvalue weighted by Crippen LogP contribution is 2.27. The number of rotatable bonds is 3. The fraction of sp³-hybridized carbons (Fsp3) is 0.300. The molecule has 1 aromatic rings. The molecule has 0 N–H and O–H groups in total. The van der Waals surface area contributed by atoms with E-state index in [9.17, 15) is 21.6 Å². The van der Waals surface area contributed by atoms with E-state index in [1.54, 1.807) is 6.07 Å². The second kappa shape index (κ2) is 4.75. The Morgan fingerprint density at radius 1 is 1.24 bits per heavy atom. The average molecular weight is 263 g/mol. The summed E-state index contributed by atoms with van der Waals surface area (Å²) in [5.74, 6) is -0.800. The van der Waals surface area contributed by atoms with Crippen LogP contribution in [0, 0.1) is 11.3 Å². The summed E-state index contributed by atoms with van der Waals surface area (Å²) in [5, 5.41) is 5.35. The number of halogens is 3. The second-order valence-electron chi connectivity index (χ2n) is 3.34. The number of sulfone groups is 1. The van der Waals surface area contributed by atoms with Crippen LogP contribution in [-0.2, 0) is 15.6 Å². The molecule has 0 spiro atoms. The Labute approximate surface area is 96.4 Å². The number of nitrogens with zero attached hydrogens (tertiary/aromatic N) is 1. The van der Waals surface area contributed by atoms with Crippen molar-refractivity contribution in [3.8, 4) is 6.07 Å². The molecular weight excluding hydrogens is 255 g/mol. The molecule has 0 saturated carbocycles. The van der Waals surface area contributed by atoms with E-state index in [0.717, 1.165) is 6.07 Å². The fourth-order valence-corrected chi connectivity index (χ4v) is 2.64. The second-order valence-corrected chi connectivity index (χ2v) is 5.43. The maximum Gasteiger partial charge on any atom is 0.418 e. The van der Waals surface area contributed by atoms with Gasteiger partial charge in [0.2, 0.25) is 5.25 Å². The van der Waals surface area contributed by atoms with E-state index in [2.05, 4.69) is 0 Å². The van der Waals surface area contributed by atoms with Gasteiger partial charge in [0.05, 0.1) is 11.8 Å². The van der Waals surface area contributed by atoms with Gasteiger partial charge in [-0.15, -0.1) is 0 Å². The molecule has 7 heteroatoms. The first-order chi connectivity index (χ1) is 7.77. The van der Waals surface area contributed by atoms with Crippen LogP contribution >= 0.6 is 0 Å². The lowest BCUT2D eigenvalue weighted by atomic mass is 10.2. The summed E-state index contributed by atoms with van der Waals surface area (Å²) < 4.78 is 59.8. The number of hydrogen-bond acceptors (Lipinski definition) is 3. The van der Waals surface area contributed by atoms with Crippen LogP contribution in [0.1, 0.15) is 5.56 Å². The minimum Gasteiger partial charge on any atom is -0.227 e. The van der Waals surface area contributed by atoms with Crippen LogP contribution in [0.4, 0.5) is 13.2 Å². The summed E-state index contributed by atoms with van der Waals surface area (Å²) in [4.78, 5) is 0. The first-order valence-corrected chi connectivity index (χ1v) is 6.21. The Bertz CT molecular complexity index is 517. The van der Waals surface area contributed by atoms with Crippen molar-refractivity contribution in [3.63, 3.8) is 0 Å². The van der Waals surface area contributed by atoms with Gasteiger partial charge in [-0.3, -0.25) is 0 Å². The van der Waals surface area contributed by atoms with Gasteiger partial charge in [0.25, 0.3) is 0 Å². The van der Waals surface area contributed by atoms with Gasteiger partial charge >= 0.3 is 6.18 Å². The van der Waals surface area contributed by atoms with Gasteiger partial charge in [0.1, 0.15) is 0 Å². The Morgan fingerprint density at radius 3 is 2.18 bits per heavy atom. The molecule has 1 aromatic carbocycles. The number of nitriles is 1. The molecule has 0 bridgehead atoms. The van der Waals surface area contributed by atoms with Crippen LogP contribution in [0.5, 0.6) is 0 Å². The van der Waals surface area contributed by atoms with Crippen molar-refractivity contribution in [2.24, 2.45) is 0 Å². The Morgan fingerprint density at radius 2 is 1.76 bits per heavy atom. The summed E-state index contributed by atoms with van der Waals surface area (Å²) in [7, 11) is -4.57. The number of alkyl halides is 3. The first-order valence-electron chi connectivity index (χ1n) is 4.49. The number of benzene rings is 1. The van der Waals surface area contributed by atoms with Crippen LogP contribution in [0.25, 0.3) is 0 Å². The quantitative estimate of drug-likeness (QED) is 0.838. The van der Waals surface area contributed by atoms with Crippen molar-refractivity contribution >= 4 is 9.84 Å². The zero-order chi connectivity index (χ0) is 13.1. The molecule has 0 heterocycles. The highest BCUT2D eigenvalue weighted by molar-refractivity contribution is 7.91. The van der Waals surface area contributed by atoms with Crippen molar-refractivity contribution in [2.45, 2.75) is 17.2 Å². The third kappa shape index (κ3) is 3.46. The largest absolute Gasteiger partial charge is 0.418 e. The van der Waals surface area contributed by atoms with Crippen molar-refractivity contribution in [2.75, 3.05) is 0 Å². The molecule has 0 aliphatic carbocycles. The van der Waals surface area contributed by atoms with Crippen LogP contribution in [0.3, 0.4) is 0 Å². The molecule has 3 nitrogen and oxygen atoms in total. The van der Waals surface area contributed by atoms with Crippen molar-refractivity contribution in [3.05, 3.63) is 35.9 Å². The Hall–Kier alpha value is -1.55. The summed E-state index contributed by atoms with van der Waals surface area (Å²) in [6.45, 7) is 0. The fourth-order valence-electron chi connectivity index (χ4n) is 1.25. The molecule has 0 aliphatic heterocycles. The lowest BCUT2D eigenvalue weighted by Crippen LogP contribution is -2.36. The SMILES string of the molecule is N#CC(C(F)(F)F)S(=O)(=O)Cc1ccccc1. The van der Waals surface area contributed by atoms with Crippen LogP contribution in [0.2, 0.25) is 0 Å². The molecule has 0 aromatic heterocycles. The molecule has 92 valence electrons. The third-order valence-electron chi connectivity index (χ3n) is 1.98. The van der Waals surface area contributed by atoms with Crippen LogP contribution in [-0.4, -0.2) is 19.8 Å². The molecule has 1 atom stereocenters. The predicted molar refractivity (Wildman–Crippen MR) is 54.5 cm³/mol. The first kappa shape index (κ1) is 13.5. The van der Waals surface area contributed by atoms with E-state index in [1.807, 2.05) is 0 Å².